The van der Waals surface area contributed by atoms with Crippen LogP contribution in [-0.4, -0.2) is 17.0 Å². The number of fused-ring (bicyclic) bond motifs is 5. The van der Waals surface area contributed by atoms with Crippen LogP contribution < -0.4 is 0 Å². The Kier molecular flexibility index (Phi) is 3.64. The van der Waals surface area contributed by atoms with Crippen molar-refractivity contribution in [2.24, 2.45) is 46.3 Å². The van der Waals surface area contributed by atoms with E-state index in [1.807, 2.05) is 6.08 Å². The fraction of sp³-hybridized carbons (Fsp3) is 0.864. The van der Waals surface area contributed by atoms with E-state index in [0.29, 0.717) is 41.3 Å². The zero-order valence-corrected chi connectivity index (χ0v) is 16.0. The smallest absolute Gasteiger partial charge is 0.155 e. The van der Waals surface area contributed by atoms with E-state index in [1.165, 1.54) is 12.0 Å². The summed E-state index contributed by atoms with van der Waals surface area (Å²) >= 11 is 0. The minimum absolute atomic E-state index is 0.0936. The fourth-order valence-corrected chi connectivity index (χ4v) is 7.69. The molecule has 0 aromatic heterocycles. The Morgan fingerprint density at radius 3 is 2.54 bits per heavy atom. The van der Waals surface area contributed by atoms with Gasteiger partial charge >= 0.3 is 0 Å². The number of aliphatic hydroxyl groups is 1. The van der Waals surface area contributed by atoms with Crippen LogP contribution in [0.5, 0.6) is 0 Å². The second-order valence-corrected chi connectivity index (χ2v) is 10.2. The molecule has 4 aliphatic carbocycles. The summed E-state index contributed by atoms with van der Waals surface area (Å²) < 4.78 is 0. The first-order valence-corrected chi connectivity index (χ1v) is 10.1. The molecule has 0 saturated heterocycles. The number of hydrogen-bond acceptors (Lipinski definition) is 2. The lowest BCUT2D eigenvalue weighted by Crippen LogP contribution is -2.54. The van der Waals surface area contributed by atoms with Gasteiger partial charge in [-0.3, -0.25) is 4.79 Å². The van der Waals surface area contributed by atoms with Gasteiger partial charge in [0.2, 0.25) is 0 Å². The summed E-state index contributed by atoms with van der Waals surface area (Å²) in [4.78, 5) is 12.0. The summed E-state index contributed by atoms with van der Waals surface area (Å²) in [5.41, 5.74) is 1.76. The quantitative estimate of drug-likeness (QED) is 0.704. The first-order chi connectivity index (χ1) is 11.2. The van der Waals surface area contributed by atoms with Crippen molar-refractivity contribution in [3.05, 3.63) is 11.6 Å². The van der Waals surface area contributed by atoms with Gasteiger partial charge in [0.1, 0.15) is 0 Å². The van der Waals surface area contributed by atoms with Crippen molar-refractivity contribution >= 4 is 5.78 Å². The fourth-order valence-electron chi connectivity index (χ4n) is 7.69. The number of carbonyl (C=O) groups excluding carboxylic acids is 1. The number of allylic oxidation sites excluding steroid dienone is 1. The van der Waals surface area contributed by atoms with E-state index >= 15 is 0 Å². The standard InChI is InChI=1S/C22H34O2/c1-12-10-15-11-16(23)6-8-21(15,4)17-7-9-22(5)19(18(12)17)13(2)14(3)20(22)24/h11-14,17-20,24H,6-10H2,1-5H3/t12?,13?,14?,17-,18-,19+,20?,21+,22+/m1/s1. The Labute approximate surface area is 147 Å². The van der Waals surface area contributed by atoms with Gasteiger partial charge in [0.05, 0.1) is 6.10 Å². The number of aliphatic hydroxyl groups excluding tert-OH is 1. The van der Waals surface area contributed by atoms with Crippen LogP contribution in [0.4, 0.5) is 0 Å². The van der Waals surface area contributed by atoms with Crippen molar-refractivity contribution in [1.29, 1.82) is 0 Å². The van der Waals surface area contributed by atoms with Crippen LogP contribution in [-0.2, 0) is 4.79 Å². The van der Waals surface area contributed by atoms with E-state index in [2.05, 4.69) is 34.6 Å². The molecule has 3 saturated carbocycles. The van der Waals surface area contributed by atoms with Gasteiger partial charge < -0.3 is 5.11 Å². The maximum absolute atomic E-state index is 12.0. The van der Waals surface area contributed by atoms with Crippen LogP contribution in [0.15, 0.2) is 11.6 Å². The third-order valence-corrected chi connectivity index (χ3v) is 9.18. The van der Waals surface area contributed by atoms with Crippen LogP contribution in [0, 0.1) is 46.3 Å². The molecule has 0 bridgehead atoms. The van der Waals surface area contributed by atoms with Crippen LogP contribution in [0.1, 0.15) is 66.7 Å². The normalized spacial score (nSPS) is 57.0. The molecule has 0 spiro atoms. The molecule has 0 radical (unpaired) electrons. The molecule has 4 rings (SSSR count). The molecule has 3 fully saturated rings. The highest BCUT2D eigenvalue weighted by Crippen LogP contribution is 2.68. The van der Waals surface area contributed by atoms with Crippen molar-refractivity contribution in [2.75, 3.05) is 0 Å². The minimum Gasteiger partial charge on any atom is -0.392 e. The molecule has 2 nitrogen and oxygen atoms in total. The van der Waals surface area contributed by atoms with Crippen molar-refractivity contribution in [3.63, 3.8) is 0 Å². The van der Waals surface area contributed by atoms with Crippen molar-refractivity contribution in [3.8, 4) is 0 Å². The van der Waals surface area contributed by atoms with Gasteiger partial charge in [0.15, 0.2) is 5.78 Å². The lowest BCUT2D eigenvalue weighted by molar-refractivity contribution is -0.120. The van der Waals surface area contributed by atoms with Crippen LogP contribution in [0.2, 0.25) is 0 Å². The summed E-state index contributed by atoms with van der Waals surface area (Å²) in [6.07, 6.45) is 7.09. The highest BCUT2D eigenvalue weighted by molar-refractivity contribution is 5.91. The van der Waals surface area contributed by atoms with Crippen molar-refractivity contribution in [1.82, 2.24) is 0 Å². The molecule has 134 valence electrons. The molecular formula is C22H34O2. The zero-order valence-electron chi connectivity index (χ0n) is 16.0. The number of hydrogen-bond donors (Lipinski definition) is 1. The Hall–Kier alpha value is -0.630. The van der Waals surface area contributed by atoms with E-state index in [9.17, 15) is 9.90 Å². The number of carbonyl (C=O) groups is 1. The van der Waals surface area contributed by atoms with E-state index in [-0.39, 0.29) is 16.9 Å². The lowest BCUT2D eigenvalue weighted by Gasteiger charge is -2.60. The Morgan fingerprint density at radius 2 is 1.83 bits per heavy atom. The lowest BCUT2D eigenvalue weighted by atomic mass is 9.44. The molecule has 0 aliphatic heterocycles. The highest BCUT2D eigenvalue weighted by atomic mass is 16.3. The molecular weight excluding hydrogens is 296 g/mol. The summed E-state index contributed by atoms with van der Waals surface area (Å²) in [7, 11) is 0. The third-order valence-electron chi connectivity index (χ3n) is 9.18. The van der Waals surface area contributed by atoms with Gasteiger partial charge in [-0.15, -0.1) is 0 Å². The monoisotopic (exact) mass is 330 g/mol. The zero-order chi connectivity index (χ0) is 17.4. The van der Waals surface area contributed by atoms with Gasteiger partial charge in [-0.25, -0.2) is 0 Å². The molecule has 4 aliphatic rings. The topological polar surface area (TPSA) is 37.3 Å². The van der Waals surface area contributed by atoms with Crippen molar-refractivity contribution in [2.45, 2.75) is 72.8 Å². The highest BCUT2D eigenvalue weighted by Gasteiger charge is 2.64. The van der Waals surface area contributed by atoms with E-state index < -0.39 is 0 Å². The van der Waals surface area contributed by atoms with Crippen LogP contribution in [0.25, 0.3) is 0 Å². The summed E-state index contributed by atoms with van der Waals surface area (Å²) in [6.45, 7) is 11.9. The predicted molar refractivity (Wildman–Crippen MR) is 96.4 cm³/mol. The molecule has 24 heavy (non-hydrogen) atoms. The van der Waals surface area contributed by atoms with Crippen LogP contribution >= 0.6 is 0 Å². The SMILES string of the molecule is CC1C(C)[C@H]2[C@@H]3C(C)CC4=CC(=O)CC[C@]4(C)[C@@H]3CC[C@]2(C)C1O. The molecule has 9 atom stereocenters. The van der Waals surface area contributed by atoms with Gasteiger partial charge in [0.25, 0.3) is 0 Å². The number of ketones is 1. The van der Waals surface area contributed by atoms with E-state index in [1.54, 1.807) is 0 Å². The molecule has 0 amide bonds. The molecule has 1 N–H and O–H groups in total. The van der Waals surface area contributed by atoms with Gasteiger partial charge in [-0.05, 0) is 78.1 Å². The minimum atomic E-state index is -0.150. The first kappa shape index (κ1) is 16.8. The second kappa shape index (κ2) is 5.19. The summed E-state index contributed by atoms with van der Waals surface area (Å²) in [5, 5.41) is 11.0. The Balaban J connectivity index is 1.77. The average Bonchev–Trinajstić information content (AvgIpc) is 2.71. The van der Waals surface area contributed by atoms with E-state index in [4.69, 9.17) is 0 Å². The molecule has 2 heteroatoms. The first-order valence-electron chi connectivity index (χ1n) is 10.1. The molecule has 0 aromatic rings. The maximum Gasteiger partial charge on any atom is 0.155 e. The van der Waals surface area contributed by atoms with Gasteiger partial charge in [-0.2, -0.15) is 0 Å². The van der Waals surface area contributed by atoms with Gasteiger partial charge in [0, 0.05) is 6.42 Å². The largest absolute Gasteiger partial charge is 0.392 e. The van der Waals surface area contributed by atoms with Gasteiger partial charge in [-0.1, -0.05) is 40.2 Å². The van der Waals surface area contributed by atoms with Crippen LogP contribution in [0.3, 0.4) is 0 Å². The van der Waals surface area contributed by atoms with E-state index in [0.717, 1.165) is 25.7 Å². The number of rotatable bonds is 0. The molecule has 4 unspecified atom stereocenters. The molecule has 0 heterocycles. The summed E-state index contributed by atoms with van der Waals surface area (Å²) in [5.74, 6) is 4.00. The summed E-state index contributed by atoms with van der Waals surface area (Å²) in [6, 6.07) is 0. The average molecular weight is 331 g/mol. The van der Waals surface area contributed by atoms with Crippen molar-refractivity contribution < 1.29 is 9.90 Å². The Morgan fingerprint density at radius 1 is 1.12 bits per heavy atom. The molecule has 0 aromatic carbocycles. The maximum atomic E-state index is 12.0. The predicted octanol–water partition coefficient (Wildman–Crippen LogP) is 4.62. The Bertz CT molecular complexity index is 593. The third kappa shape index (κ3) is 1.95. The second-order valence-electron chi connectivity index (χ2n) is 10.2.